The molecule has 0 aliphatic carbocycles. The number of likely N-dealkylation sites (tertiary alicyclic amines) is 1. The number of rotatable bonds is 4. The van der Waals surface area contributed by atoms with Gasteiger partial charge < -0.3 is 15.5 Å². The van der Waals surface area contributed by atoms with Crippen LogP contribution in [0.3, 0.4) is 0 Å². The van der Waals surface area contributed by atoms with E-state index >= 15 is 0 Å². The molecular weight excluding hydrogens is 386 g/mol. The van der Waals surface area contributed by atoms with Crippen molar-refractivity contribution in [2.45, 2.75) is 25.7 Å². The number of carbonyl (C=O) groups excluding carboxylic acids is 2. The molecule has 2 aromatic rings. The molecule has 0 radical (unpaired) electrons. The van der Waals surface area contributed by atoms with Gasteiger partial charge in [0, 0.05) is 31.1 Å². The maximum absolute atomic E-state index is 13.0. The van der Waals surface area contributed by atoms with Crippen LogP contribution in [0.25, 0.3) is 10.8 Å². The van der Waals surface area contributed by atoms with Crippen molar-refractivity contribution < 1.29 is 9.59 Å². The van der Waals surface area contributed by atoms with Crippen LogP contribution in [-0.4, -0.2) is 49.4 Å². The van der Waals surface area contributed by atoms with Crippen molar-refractivity contribution in [3.8, 4) is 0 Å². The van der Waals surface area contributed by atoms with Crippen LogP contribution < -0.4 is 10.6 Å². The molecule has 29 heavy (non-hydrogen) atoms. The Balaban J connectivity index is 0.00000240. The van der Waals surface area contributed by atoms with Crippen LogP contribution in [0.15, 0.2) is 42.5 Å². The molecule has 2 heterocycles. The Labute approximate surface area is 178 Å². The van der Waals surface area contributed by atoms with Gasteiger partial charge in [-0.1, -0.05) is 36.4 Å². The number of amides is 2. The average Bonchev–Trinajstić information content (AvgIpc) is 2.77. The van der Waals surface area contributed by atoms with Crippen molar-refractivity contribution in [3.63, 3.8) is 0 Å². The third kappa shape index (κ3) is 5.09. The number of benzene rings is 2. The third-order valence-corrected chi connectivity index (χ3v) is 6.14. The van der Waals surface area contributed by atoms with Crippen LogP contribution in [-0.2, 0) is 4.79 Å². The first-order chi connectivity index (χ1) is 13.7. The lowest BCUT2D eigenvalue weighted by molar-refractivity contribution is -0.126. The van der Waals surface area contributed by atoms with Crippen LogP contribution >= 0.6 is 12.4 Å². The van der Waals surface area contributed by atoms with Crippen LogP contribution in [0, 0.1) is 11.8 Å². The first-order valence-electron chi connectivity index (χ1n) is 10.5. The number of fused-ring (bicyclic) bond motifs is 1. The van der Waals surface area contributed by atoms with Crippen LogP contribution in [0.1, 0.15) is 36.0 Å². The van der Waals surface area contributed by atoms with Gasteiger partial charge in [-0.05, 0) is 61.5 Å². The zero-order valence-corrected chi connectivity index (χ0v) is 17.5. The van der Waals surface area contributed by atoms with E-state index in [1.807, 2.05) is 47.4 Å². The first kappa shape index (κ1) is 21.6. The predicted octanol–water partition coefficient (Wildman–Crippen LogP) is 3.23. The maximum atomic E-state index is 13.0. The summed E-state index contributed by atoms with van der Waals surface area (Å²) in [4.78, 5) is 27.5. The highest BCUT2D eigenvalue weighted by atomic mass is 35.5. The molecule has 156 valence electrons. The zero-order valence-electron chi connectivity index (χ0n) is 16.7. The Kier molecular flexibility index (Phi) is 7.51. The van der Waals surface area contributed by atoms with E-state index in [2.05, 4.69) is 10.6 Å². The van der Waals surface area contributed by atoms with E-state index in [4.69, 9.17) is 0 Å². The number of carbonyl (C=O) groups is 2. The third-order valence-electron chi connectivity index (χ3n) is 6.14. The number of halogens is 1. The minimum Gasteiger partial charge on any atom is -0.356 e. The van der Waals surface area contributed by atoms with E-state index in [1.54, 1.807) is 0 Å². The van der Waals surface area contributed by atoms with Crippen LogP contribution in [0.4, 0.5) is 0 Å². The fraction of sp³-hybridized carbons (Fsp3) is 0.478. The summed E-state index contributed by atoms with van der Waals surface area (Å²) in [6, 6.07) is 13.9. The van der Waals surface area contributed by atoms with Gasteiger partial charge in [0.2, 0.25) is 5.91 Å². The molecule has 1 atom stereocenters. The molecule has 2 saturated heterocycles. The fourth-order valence-electron chi connectivity index (χ4n) is 4.41. The molecule has 2 aliphatic rings. The zero-order chi connectivity index (χ0) is 19.3. The van der Waals surface area contributed by atoms with Crippen molar-refractivity contribution in [3.05, 3.63) is 48.0 Å². The lowest BCUT2D eigenvalue weighted by Crippen LogP contribution is -2.45. The lowest BCUT2D eigenvalue weighted by atomic mass is 9.94. The molecule has 0 bridgehead atoms. The molecule has 2 N–H and O–H groups in total. The minimum atomic E-state index is 0. The summed E-state index contributed by atoms with van der Waals surface area (Å²) >= 11 is 0. The summed E-state index contributed by atoms with van der Waals surface area (Å²) in [7, 11) is 0. The summed E-state index contributed by atoms with van der Waals surface area (Å²) < 4.78 is 0. The summed E-state index contributed by atoms with van der Waals surface area (Å²) in [5.74, 6) is 0.797. The molecule has 5 nitrogen and oxygen atoms in total. The van der Waals surface area contributed by atoms with E-state index in [-0.39, 0.29) is 30.1 Å². The van der Waals surface area contributed by atoms with Gasteiger partial charge in [-0.15, -0.1) is 12.4 Å². The number of hydrogen-bond donors (Lipinski definition) is 2. The standard InChI is InChI=1S/C23H29N3O2.ClH/c27-22(25-16-17-5-4-12-24-15-17)19-10-13-26(14-11-19)23(28)21-9-3-7-18-6-1-2-8-20(18)21;/h1-3,6-9,17,19,24H,4-5,10-16H2,(H,25,27);1H. The largest absolute Gasteiger partial charge is 0.356 e. The summed E-state index contributed by atoms with van der Waals surface area (Å²) in [5, 5.41) is 8.61. The molecule has 0 spiro atoms. The molecular formula is C23H30ClN3O2. The molecule has 2 fully saturated rings. The van der Waals surface area contributed by atoms with Gasteiger partial charge in [0.15, 0.2) is 0 Å². The number of hydrogen-bond acceptors (Lipinski definition) is 3. The van der Waals surface area contributed by atoms with E-state index in [0.717, 1.165) is 48.8 Å². The normalized spacial score (nSPS) is 20.1. The SMILES string of the molecule is Cl.O=C(NCC1CCCNC1)C1CCN(C(=O)c2cccc3ccccc23)CC1. The average molecular weight is 416 g/mol. The summed E-state index contributed by atoms with van der Waals surface area (Å²) in [6.07, 6.45) is 3.86. The van der Waals surface area contributed by atoms with E-state index < -0.39 is 0 Å². The van der Waals surface area contributed by atoms with Crippen LogP contribution in [0.2, 0.25) is 0 Å². The van der Waals surface area contributed by atoms with Gasteiger partial charge in [0.1, 0.15) is 0 Å². The van der Waals surface area contributed by atoms with E-state index in [9.17, 15) is 9.59 Å². The quantitative estimate of drug-likeness (QED) is 0.805. The van der Waals surface area contributed by atoms with Crippen molar-refractivity contribution >= 4 is 35.0 Å². The molecule has 2 aliphatic heterocycles. The first-order valence-corrected chi connectivity index (χ1v) is 10.5. The summed E-state index contributed by atoms with van der Waals surface area (Å²) in [6.45, 7) is 4.14. The molecule has 6 heteroatoms. The van der Waals surface area contributed by atoms with Gasteiger partial charge in [-0.2, -0.15) is 0 Å². The lowest BCUT2D eigenvalue weighted by Gasteiger charge is -2.32. The predicted molar refractivity (Wildman–Crippen MR) is 118 cm³/mol. The Morgan fingerprint density at radius 3 is 2.55 bits per heavy atom. The Hall–Kier alpha value is -2.11. The van der Waals surface area contributed by atoms with Crippen molar-refractivity contribution in [2.75, 3.05) is 32.7 Å². The molecule has 0 aromatic heterocycles. The van der Waals surface area contributed by atoms with E-state index in [1.165, 1.54) is 12.8 Å². The maximum Gasteiger partial charge on any atom is 0.254 e. The summed E-state index contributed by atoms with van der Waals surface area (Å²) in [5.41, 5.74) is 0.755. The van der Waals surface area contributed by atoms with Crippen molar-refractivity contribution in [1.82, 2.24) is 15.5 Å². The smallest absolute Gasteiger partial charge is 0.254 e. The van der Waals surface area contributed by atoms with E-state index in [0.29, 0.717) is 19.0 Å². The second-order valence-corrected chi connectivity index (χ2v) is 8.05. The Bertz CT molecular complexity index is 838. The van der Waals surface area contributed by atoms with Gasteiger partial charge in [0.25, 0.3) is 5.91 Å². The molecule has 4 rings (SSSR count). The Morgan fingerprint density at radius 1 is 1.03 bits per heavy atom. The molecule has 0 saturated carbocycles. The van der Waals surface area contributed by atoms with Gasteiger partial charge in [-0.3, -0.25) is 9.59 Å². The second-order valence-electron chi connectivity index (χ2n) is 8.05. The Morgan fingerprint density at radius 2 is 1.79 bits per heavy atom. The van der Waals surface area contributed by atoms with Crippen LogP contribution in [0.5, 0.6) is 0 Å². The number of nitrogens with zero attached hydrogens (tertiary/aromatic N) is 1. The molecule has 1 unspecified atom stereocenters. The molecule has 2 amide bonds. The van der Waals surface area contributed by atoms with Gasteiger partial charge >= 0.3 is 0 Å². The monoisotopic (exact) mass is 415 g/mol. The number of piperidine rings is 2. The van der Waals surface area contributed by atoms with Gasteiger partial charge in [-0.25, -0.2) is 0 Å². The minimum absolute atomic E-state index is 0. The fourth-order valence-corrected chi connectivity index (χ4v) is 4.41. The highest BCUT2D eigenvalue weighted by Crippen LogP contribution is 2.24. The van der Waals surface area contributed by atoms with Gasteiger partial charge in [0.05, 0.1) is 0 Å². The number of nitrogens with one attached hydrogen (secondary N) is 2. The topological polar surface area (TPSA) is 61.4 Å². The van der Waals surface area contributed by atoms with Crippen molar-refractivity contribution in [2.24, 2.45) is 11.8 Å². The second kappa shape index (κ2) is 10.1. The highest BCUT2D eigenvalue weighted by Gasteiger charge is 2.28. The molecule has 2 aromatic carbocycles. The van der Waals surface area contributed by atoms with Crippen molar-refractivity contribution in [1.29, 1.82) is 0 Å². The highest BCUT2D eigenvalue weighted by molar-refractivity contribution is 6.07.